The maximum absolute atomic E-state index is 12.4. The molecule has 0 spiro atoms. The molecule has 1 saturated heterocycles. The van der Waals surface area contributed by atoms with Crippen LogP contribution >= 0.6 is 0 Å². The summed E-state index contributed by atoms with van der Waals surface area (Å²) in [6.45, 7) is 7.63. The summed E-state index contributed by atoms with van der Waals surface area (Å²) in [6.07, 6.45) is 1.45. The maximum Gasteiger partial charge on any atom is 0.446 e. The Bertz CT molecular complexity index is 1340. The molecule has 3 aromatic heterocycles. The minimum absolute atomic E-state index is 0.0567. The van der Waals surface area contributed by atoms with Crippen LogP contribution in [-0.2, 0) is 9.59 Å². The van der Waals surface area contributed by atoms with Gasteiger partial charge in [0.1, 0.15) is 17.6 Å². The molecular formula is C28H33F3N6O4. The number of aromatic nitrogens is 3. The van der Waals surface area contributed by atoms with Gasteiger partial charge in [0, 0.05) is 63.0 Å². The number of aliphatic hydroxyl groups is 1. The molecule has 0 unspecified atom stereocenters. The van der Waals surface area contributed by atoms with Crippen molar-refractivity contribution in [1.82, 2.24) is 19.5 Å². The molecule has 0 bridgehead atoms. The predicted molar refractivity (Wildman–Crippen MR) is 145 cm³/mol. The molecule has 0 saturated carbocycles. The molecule has 13 heteroatoms. The number of rotatable bonds is 9. The van der Waals surface area contributed by atoms with E-state index in [2.05, 4.69) is 29.9 Å². The average Bonchev–Trinajstić information content (AvgIpc) is 3.39. The van der Waals surface area contributed by atoms with Crippen molar-refractivity contribution in [3.63, 3.8) is 0 Å². The summed E-state index contributed by atoms with van der Waals surface area (Å²) < 4.78 is 38.7. The van der Waals surface area contributed by atoms with Crippen molar-refractivity contribution in [2.75, 3.05) is 44.3 Å². The van der Waals surface area contributed by atoms with Crippen LogP contribution in [0, 0.1) is 17.2 Å². The lowest BCUT2D eigenvalue weighted by Gasteiger charge is -2.35. The number of alkyl halides is 3. The first-order chi connectivity index (χ1) is 19.6. The molecule has 1 amide bonds. The van der Waals surface area contributed by atoms with Crippen LogP contribution in [0.25, 0.3) is 16.6 Å². The molecule has 3 aromatic rings. The van der Waals surface area contributed by atoms with Gasteiger partial charge in [0.2, 0.25) is 12.2 Å². The van der Waals surface area contributed by atoms with Gasteiger partial charge >= 0.3 is 6.18 Å². The van der Waals surface area contributed by atoms with E-state index in [9.17, 15) is 23.2 Å². The number of anilines is 1. The van der Waals surface area contributed by atoms with E-state index in [0.29, 0.717) is 55.3 Å². The first-order valence-electron chi connectivity index (χ1n) is 13.2. The lowest BCUT2D eigenvalue weighted by molar-refractivity contribution is -0.156. The van der Waals surface area contributed by atoms with Gasteiger partial charge < -0.3 is 19.6 Å². The van der Waals surface area contributed by atoms with E-state index >= 15 is 0 Å². The topological polar surface area (TPSA) is 124 Å². The number of pyridine rings is 2. The summed E-state index contributed by atoms with van der Waals surface area (Å²) in [7, 11) is 0. The lowest BCUT2D eigenvalue weighted by atomic mass is 10.1. The monoisotopic (exact) mass is 574 g/mol. The average molecular weight is 575 g/mol. The highest BCUT2D eigenvalue weighted by Gasteiger charge is 2.25. The van der Waals surface area contributed by atoms with Gasteiger partial charge in [0.15, 0.2) is 0 Å². The first kappa shape index (κ1) is 31.3. The summed E-state index contributed by atoms with van der Waals surface area (Å²) in [5.41, 5.74) is 2.83. The predicted octanol–water partition coefficient (Wildman–Crippen LogP) is 3.86. The van der Waals surface area contributed by atoms with Crippen molar-refractivity contribution in [2.24, 2.45) is 5.92 Å². The molecule has 1 fully saturated rings. The molecule has 0 radical (unpaired) electrons. The highest BCUT2D eigenvalue weighted by Crippen LogP contribution is 2.31. The van der Waals surface area contributed by atoms with E-state index in [1.807, 2.05) is 23.1 Å². The Morgan fingerprint density at radius 1 is 1.22 bits per heavy atom. The van der Waals surface area contributed by atoms with Gasteiger partial charge in [-0.15, -0.1) is 0 Å². The molecule has 41 heavy (non-hydrogen) atoms. The van der Waals surface area contributed by atoms with Crippen LogP contribution in [0.4, 0.5) is 19.0 Å². The van der Waals surface area contributed by atoms with Gasteiger partial charge in [0.25, 0.3) is 0 Å². The number of carbonyl (C=O) groups is 2. The van der Waals surface area contributed by atoms with Gasteiger partial charge in [-0.1, -0.05) is 13.8 Å². The molecule has 220 valence electrons. The molecule has 0 aromatic carbocycles. The van der Waals surface area contributed by atoms with E-state index in [1.54, 1.807) is 23.1 Å². The van der Waals surface area contributed by atoms with Crippen molar-refractivity contribution in [1.29, 1.82) is 5.26 Å². The number of halogens is 3. The van der Waals surface area contributed by atoms with Gasteiger partial charge in [-0.3, -0.25) is 9.59 Å². The number of amides is 1. The van der Waals surface area contributed by atoms with Crippen LogP contribution in [0.2, 0.25) is 0 Å². The smallest absolute Gasteiger partial charge is 0.446 e. The van der Waals surface area contributed by atoms with Gasteiger partial charge in [-0.05, 0) is 30.5 Å². The first-order valence-corrected chi connectivity index (χ1v) is 13.2. The van der Waals surface area contributed by atoms with Crippen molar-refractivity contribution in [3.8, 4) is 22.9 Å². The fourth-order valence-corrected chi connectivity index (χ4v) is 4.22. The molecule has 4 rings (SSSR count). The van der Waals surface area contributed by atoms with Crippen molar-refractivity contribution in [3.05, 3.63) is 42.4 Å². The fraction of sp³-hybridized carbons (Fsp3) is 0.464. The van der Waals surface area contributed by atoms with Crippen LogP contribution in [0.5, 0.6) is 5.75 Å². The molecule has 1 N–H and O–H groups in total. The number of hydrogen-bond acceptors (Lipinski definition) is 8. The Labute approximate surface area is 235 Å². The summed E-state index contributed by atoms with van der Waals surface area (Å²) in [6, 6.07) is 8.05. The van der Waals surface area contributed by atoms with Crippen LogP contribution < -0.4 is 9.64 Å². The van der Waals surface area contributed by atoms with E-state index in [-0.39, 0.29) is 12.5 Å². The van der Waals surface area contributed by atoms with E-state index in [4.69, 9.17) is 19.6 Å². The minimum atomic E-state index is -4.64. The molecule has 0 atom stereocenters. The Morgan fingerprint density at radius 2 is 1.93 bits per heavy atom. The number of carbonyl (C=O) groups excluding carboxylic acids is 2. The Morgan fingerprint density at radius 3 is 2.49 bits per heavy atom. The third-order valence-corrected chi connectivity index (χ3v) is 6.36. The number of fused-ring (bicyclic) bond motifs is 1. The number of aliphatic hydroxyl groups excluding tert-OH is 1. The third-order valence-electron chi connectivity index (χ3n) is 6.36. The second kappa shape index (κ2) is 14.5. The SMILES string of the molecule is CC(C)CCC(=O)N1CCN(c2ccc(-c3cc(OCCCO)cn4ncc(C#N)c34)cn2)CC1.O=CC(F)(F)F. The van der Waals surface area contributed by atoms with E-state index in [1.165, 1.54) is 0 Å². The molecule has 4 heterocycles. The Hall–Kier alpha value is -4.18. The number of piperazine rings is 1. The van der Waals surface area contributed by atoms with Crippen LogP contribution in [0.1, 0.15) is 38.7 Å². The second-order valence-corrected chi connectivity index (χ2v) is 9.84. The molecular weight excluding hydrogens is 541 g/mol. The minimum Gasteiger partial charge on any atom is -0.492 e. The van der Waals surface area contributed by atoms with Crippen LogP contribution in [0.15, 0.2) is 36.8 Å². The molecule has 10 nitrogen and oxygen atoms in total. The Kier molecular flexibility index (Phi) is 11.0. The van der Waals surface area contributed by atoms with Crippen LogP contribution in [-0.4, -0.2) is 82.4 Å². The van der Waals surface area contributed by atoms with Crippen molar-refractivity contribution in [2.45, 2.75) is 39.3 Å². The van der Waals surface area contributed by atoms with Crippen molar-refractivity contribution >= 4 is 23.5 Å². The summed E-state index contributed by atoms with van der Waals surface area (Å²) in [4.78, 5) is 30.0. The van der Waals surface area contributed by atoms with E-state index in [0.717, 1.165) is 36.5 Å². The maximum atomic E-state index is 12.4. The third kappa shape index (κ3) is 8.91. The summed E-state index contributed by atoms with van der Waals surface area (Å²) in [5, 5.41) is 22.9. The lowest BCUT2D eigenvalue weighted by Crippen LogP contribution is -2.49. The van der Waals surface area contributed by atoms with E-state index < -0.39 is 12.5 Å². The number of aldehydes is 1. The standard InChI is InChI=1S/C26H32N6O3.C2HF3O/c1-19(2)4-7-25(34)31-10-8-30(9-11-31)24-6-5-20(16-28-24)23-14-22(35-13-3-12-33)18-32-26(23)21(15-27)17-29-32;3-2(4,5)1-6/h5-6,14,16-19,33H,3-4,7-13H2,1-2H3;1H. The largest absolute Gasteiger partial charge is 0.492 e. The number of nitrogens with zero attached hydrogens (tertiary/aromatic N) is 6. The highest BCUT2D eigenvalue weighted by atomic mass is 19.4. The number of hydrogen-bond donors (Lipinski definition) is 1. The Balaban J connectivity index is 0.000000696. The molecule has 1 aliphatic rings. The molecule has 1 aliphatic heterocycles. The van der Waals surface area contributed by atoms with Crippen LogP contribution in [0.3, 0.4) is 0 Å². The second-order valence-electron chi connectivity index (χ2n) is 9.84. The normalized spacial score (nSPS) is 13.5. The van der Waals surface area contributed by atoms with Gasteiger partial charge in [-0.25, -0.2) is 9.50 Å². The zero-order chi connectivity index (χ0) is 30.0. The summed E-state index contributed by atoms with van der Waals surface area (Å²) >= 11 is 0. The molecule has 0 aliphatic carbocycles. The van der Waals surface area contributed by atoms with Gasteiger partial charge in [-0.2, -0.15) is 23.5 Å². The number of ether oxygens (including phenoxy) is 1. The quantitative estimate of drug-likeness (QED) is 0.302. The fourth-order valence-electron chi connectivity index (χ4n) is 4.22. The zero-order valence-electron chi connectivity index (χ0n) is 23.0. The van der Waals surface area contributed by atoms with Gasteiger partial charge in [0.05, 0.1) is 30.1 Å². The summed E-state index contributed by atoms with van der Waals surface area (Å²) in [5.74, 6) is 2.24. The number of nitriles is 1. The zero-order valence-corrected chi connectivity index (χ0v) is 23.0. The highest BCUT2D eigenvalue weighted by molar-refractivity contribution is 5.85. The van der Waals surface area contributed by atoms with Crippen molar-refractivity contribution < 1.29 is 32.6 Å².